The number of benzene rings is 4. The summed E-state index contributed by atoms with van der Waals surface area (Å²) in [5.74, 6) is 0.415. The zero-order valence-electron chi connectivity index (χ0n) is 18.6. The minimum absolute atomic E-state index is 0.0867. The number of aryl methyl sites for hydroxylation is 2. The molecule has 0 aliphatic rings. The molecule has 0 aliphatic carbocycles. The normalized spacial score (nSPS) is 11.1. The Morgan fingerprint density at radius 1 is 0.938 bits per heavy atom. The van der Waals surface area contributed by atoms with E-state index in [1.165, 1.54) is 5.56 Å². The number of carbonyl (C=O) groups excluding carboxylic acids is 1. The minimum Gasteiger partial charge on any atom is -0.483 e. The molecule has 4 nitrogen and oxygen atoms in total. The van der Waals surface area contributed by atoms with Crippen molar-refractivity contribution in [2.75, 3.05) is 11.9 Å². The molecule has 4 heteroatoms. The quantitative estimate of drug-likeness (QED) is 0.359. The fourth-order valence-corrected chi connectivity index (χ4v) is 3.61. The first kappa shape index (κ1) is 21.3. The number of amides is 1. The molecule has 4 aromatic carbocycles. The van der Waals surface area contributed by atoms with Crippen molar-refractivity contribution < 1.29 is 9.53 Å². The second kappa shape index (κ2) is 9.48. The first-order chi connectivity index (χ1) is 15.5. The van der Waals surface area contributed by atoms with Crippen LogP contribution in [0.4, 0.5) is 11.4 Å². The van der Waals surface area contributed by atoms with Crippen LogP contribution in [0.5, 0.6) is 5.75 Å². The topological polar surface area (TPSA) is 50.7 Å². The van der Waals surface area contributed by atoms with E-state index in [4.69, 9.17) is 9.73 Å². The number of rotatable bonds is 6. The summed E-state index contributed by atoms with van der Waals surface area (Å²) in [6.07, 6.45) is 1.83. The third-order valence-electron chi connectivity index (χ3n) is 5.50. The average molecular weight is 423 g/mol. The van der Waals surface area contributed by atoms with E-state index in [-0.39, 0.29) is 12.5 Å². The predicted octanol–water partition coefficient (Wildman–Crippen LogP) is 6.53. The molecule has 4 aromatic rings. The van der Waals surface area contributed by atoms with Crippen molar-refractivity contribution >= 4 is 34.3 Å². The zero-order chi connectivity index (χ0) is 22.5. The van der Waals surface area contributed by atoms with Crippen LogP contribution < -0.4 is 10.1 Å². The fourth-order valence-electron chi connectivity index (χ4n) is 3.61. The summed E-state index contributed by atoms with van der Waals surface area (Å²) in [7, 11) is 0. The Hall–Kier alpha value is -3.92. The standard InChI is InChI=1S/C28H26N2O2/c1-19-8-6-11-23(16-19)30-28(31)18-32-27-15-14-22-10-4-5-12-24(22)25(27)17-29-26-13-7-9-20(2)21(26)3/h4-17H,18H2,1-3H3,(H,30,31). The number of anilines is 1. The smallest absolute Gasteiger partial charge is 0.262 e. The molecule has 1 N–H and O–H groups in total. The number of ether oxygens (including phenoxy) is 1. The lowest BCUT2D eigenvalue weighted by Gasteiger charge is -2.12. The Labute approximate surface area is 188 Å². The van der Waals surface area contributed by atoms with Crippen LogP contribution >= 0.6 is 0 Å². The van der Waals surface area contributed by atoms with Gasteiger partial charge in [0.05, 0.1) is 5.69 Å². The van der Waals surface area contributed by atoms with Crippen molar-refractivity contribution in [1.82, 2.24) is 0 Å². The molecule has 0 fully saturated rings. The molecule has 160 valence electrons. The number of aliphatic imine (C=N–C) groups is 1. The highest BCUT2D eigenvalue weighted by Crippen LogP contribution is 2.28. The zero-order valence-corrected chi connectivity index (χ0v) is 18.6. The molecule has 0 saturated carbocycles. The highest BCUT2D eigenvalue weighted by atomic mass is 16.5. The third kappa shape index (κ3) is 4.86. The van der Waals surface area contributed by atoms with Gasteiger partial charge in [0.1, 0.15) is 5.75 Å². The molecule has 0 aromatic heterocycles. The molecule has 0 spiro atoms. The molecule has 0 aliphatic heterocycles. The summed E-state index contributed by atoms with van der Waals surface area (Å²) in [5.41, 5.74) is 5.95. The van der Waals surface area contributed by atoms with Crippen molar-refractivity contribution in [3.8, 4) is 5.75 Å². The number of carbonyl (C=O) groups is 1. The van der Waals surface area contributed by atoms with E-state index in [2.05, 4.69) is 31.3 Å². The van der Waals surface area contributed by atoms with Crippen molar-refractivity contribution in [1.29, 1.82) is 0 Å². The molecule has 0 atom stereocenters. The Balaban J connectivity index is 1.60. The van der Waals surface area contributed by atoms with Gasteiger partial charge in [0.2, 0.25) is 0 Å². The molecule has 0 radical (unpaired) electrons. The fraction of sp³-hybridized carbons (Fsp3) is 0.143. The molecule has 1 amide bonds. The molecule has 0 heterocycles. The predicted molar refractivity (Wildman–Crippen MR) is 132 cm³/mol. The summed E-state index contributed by atoms with van der Waals surface area (Å²) >= 11 is 0. The van der Waals surface area contributed by atoms with Gasteiger partial charge in [-0.1, -0.05) is 54.6 Å². The molecule has 32 heavy (non-hydrogen) atoms. The van der Waals surface area contributed by atoms with Gasteiger partial charge >= 0.3 is 0 Å². The first-order valence-electron chi connectivity index (χ1n) is 10.6. The Morgan fingerprint density at radius 2 is 1.75 bits per heavy atom. The van der Waals surface area contributed by atoms with Crippen molar-refractivity contribution in [3.63, 3.8) is 0 Å². The molecule has 0 saturated heterocycles. The molecular formula is C28H26N2O2. The highest BCUT2D eigenvalue weighted by Gasteiger charge is 2.10. The van der Waals surface area contributed by atoms with Crippen LogP contribution in [0.1, 0.15) is 22.3 Å². The molecular weight excluding hydrogens is 396 g/mol. The van der Waals surface area contributed by atoms with Gasteiger partial charge in [-0.3, -0.25) is 9.79 Å². The van der Waals surface area contributed by atoms with Crippen molar-refractivity contribution in [3.05, 3.63) is 101 Å². The van der Waals surface area contributed by atoms with E-state index >= 15 is 0 Å². The van der Waals surface area contributed by atoms with Gasteiger partial charge in [-0.25, -0.2) is 0 Å². The van der Waals surface area contributed by atoms with Gasteiger partial charge in [0, 0.05) is 17.5 Å². The highest BCUT2D eigenvalue weighted by molar-refractivity contribution is 6.03. The lowest BCUT2D eigenvalue weighted by Crippen LogP contribution is -2.20. The van der Waals surface area contributed by atoms with E-state index in [0.717, 1.165) is 38.8 Å². The Morgan fingerprint density at radius 3 is 2.59 bits per heavy atom. The summed E-state index contributed by atoms with van der Waals surface area (Å²) in [5, 5.41) is 5.00. The van der Waals surface area contributed by atoms with E-state index in [1.54, 1.807) is 0 Å². The van der Waals surface area contributed by atoms with Gasteiger partial charge < -0.3 is 10.1 Å². The molecule has 0 unspecified atom stereocenters. The number of hydrogen-bond donors (Lipinski definition) is 1. The summed E-state index contributed by atoms with van der Waals surface area (Å²) in [4.78, 5) is 17.2. The largest absolute Gasteiger partial charge is 0.483 e. The SMILES string of the molecule is Cc1cccc(NC(=O)COc2ccc3ccccc3c2C=Nc2cccc(C)c2C)c1. The monoisotopic (exact) mass is 422 g/mol. The molecule has 4 rings (SSSR count). The number of nitrogens with zero attached hydrogens (tertiary/aromatic N) is 1. The summed E-state index contributed by atoms with van der Waals surface area (Å²) in [6, 6.07) is 25.8. The van der Waals surface area contributed by atoms with Crippen LogP contribution in [0, 0.1) is 20.8 Å². The summed E-state index contributed by atoms with van der Waals surface area (Å²) < 4.78 is 5.95. The maximum Gasteiger partial charge on any atom is 0.262 e. The van der Waals surface area contributed by atoms with Crippen molar-refractivity contribution in [2.45, 2.75) is 20.8 Å². The van der Waals surface area contributed by atoms with Gasteiger partial charge in [-0.2, -0.15) is 0 Å². The second-order valence-electron chi connectivity index (χ2n) is 7.88. The second-order valence-corrected chi connectivity index (χ2v) is 7.88. The van der Waals surface area contributed by atoms with Gasteiger partial charge in [0.15, 0.2) is 6.61 Å². The van der Waals surface area contributed by atoms with Crippen LogP contribution in [0.25, 0.3) is 10.8 Å². The van der Waals surface area contributed by atoms with Crippen LogP contribution in [0.2, 0.25) is 0 Å². The van der Waals surface area contributed by atoms with E-state index in [0.29, 0.717) is 5.75 Å². The third-order valence-corrected chi connectivity index (χ3v) is 5.50. The van der Waals surface area contributed by atoms with E-state index in [9.17, 15) is 4.79 Å². The van der Waals surface area contributed by atoms with Crippen LogP contribution in [0.15, 0.2) is 83.9 Å². The molecule has 0 bridgehead atoms. The maximum absolute atomic E-state index is 12.5. The van der Waals surface area contributed by atoms with Crippen LogP contribution in [-0.2, 0) is 4.79 Å². The minimum atomic E-state index is -0.207. The first-order valence-corrected chi connectivity index (χ1v) is 10.6. The van der Waals surface area contributed by atoms with Crippen LogP contribution in [-0.4, -0.2) is 18.7 Å². The number of nitrogens with one attached hydrogen (secondary N) is 1. The number of hydrogen-bond acceptors (Lipinski definition) is 3. The van der Waals surface area contributed by atoms with Gasteiger partial charge in [0.25, 0.3) is 5.91 Å². The maximum atomic E-state index is 12.5. The summed E-state index contributed by atoms with van der Waals surface area (Å²) in [6.45, 7) is 6.05. The van der Waals surface area contributed by atoms with Crippen LogP contribution in [0.3, 0.4) is 0 Å². The van der Waals surface area contributed by atoms with Crippen molar-refractivity contribution in [2.24, 2.45) is 4.99 Å². The van der Waals surface area contributed by atoms with Gasteiger partial charge in [-0.15, -0.1) is 0 Å². The average Bonchev–Trinajstić information content (AvgIpc) is 2.79. The van der Waals surface area contributed by atoms with Gasteiger partial charge in [-0.05, 0) is 72.5 Å². The number of fused-ring (bicyclic) bond motifs is 1. The lowest BCUT2D eigenvalue weighted by atomic mass is 10.0. The Kier molecular flexibility index (Phi) is 6.31. The Bertz CT molecular complexity index is 1310. The lowest BCUT2D eigenvalue weighted by molar-refractivity contribution is -0.118. The van der Waals surface area contributed by atoms with E-state index < -0.39 is 0 Å². The van der Waals surface area contributed by atoms with E-state index in [1.807, 2.05) is 79.9 Å².